The highest BCUT2D eigenvalue weighted by molar-refractivity contribution is 6.10. The molecule has 0 amide bonds. The van der Waals surface area contributed by atoms with Crippen molar-refractivity contribution in [3.8, 4) is 12.1 Å². The molecule has 1 aromatic rings. The van der Waals surface area contributed by atoms with Crippen LogP contribution in [-0.4, -0.2) is 33.7 Å². The summed E-state index contributed by atoms with van der Waals surface area (Å²) in [4.78, 5) is 0. The van der Waals surface area contributed by atoms with E-state index in [0.717, 1.165) is 0 Å². The Morgan fingerprint density at radius 1 is 1.21 bits per heavy atom. The third kappa shape index (κ3) is 4.05. The predicted octanol–water partition coefficient (Wildman–Crippen LogP) is -0.112. The van der Waals surface area contributed by atoms with Gasteiger partial charge in [0.05, 0.1) is 12.3 Å². The van der Waals surface area contributed by atoms with Crippen molar-refractivity contribution >= 4 is 11.4 Å². The Morgan fingerprint density at radius 2 is 1.79 bits per heavy atom. The van der Waals surface area contributed by atoms with E-state index in [9.17, 15) is 10.2 Å². The average Bonchev–Trinajstić information content (AvgIpc) is 2.47. The number of anilines is 1. The second kappa shape index (κ2) is 7.09. The molecule has 0 heterocycles. The first-order valence-corrected chi connectivity index (χ1v) is 5.33. The summed E-state index contributed by atoms with van der Waals surface area (Å²) >= 11 is 0. The molecule has 1 rings (SSSR count). The predicted molar refractivity (Wildman–Crippen MR) is 66.8 cm³/mol. The zero-order valence-corrected chi connectivity index (χ0v) is 9.85. The number of aliphatic hydroxyl groups is 3. The summed E-state index contributed by atoms with van der Waals surface area (Å²) in [6, 6.07) is 9.36. The molecule has 0 aliphatic heterocycles. The molecule has 0 bridgehead atoms. The molecule has 4 N–H and O–H groups in total. The highest BCUT2D eigenvalue weighted by Gasteiger charge is 2.16. The molecule has 7 heteroatoms. The molecule has 0 saturated heterocycles. The normalized spacial score (nSPS) is 12.7. The van der Waals surface area contributed by atoms with Gasteiger partial charge in [0.15, 0.2) is 0 Å². The van der Waals surface area contributed by atoms with E-state index in [1.165, 1.54) is 12.1 Å². The quantitative estimate of drug-likeness (QED) is 0.431. The Kier molecular flexibility index (Phi) is 5.45. The van der Waals surface area contributed by atoms with Gasteiger partial charge in [-0.1, -0.05) is 12.1 Å². The van der Waals surface area contributed by atoms with Gasteiger partial charge < -0.3 is 15.3 Å². The minimum absolute atomic E-state index is 0.306. The number of aliphatic hydroxyl groups excluding tert-OH is 3. The fraction of sp³-hybridized carbons (Fsp3) is 0.250. The summed E-state index contributed by atoms with van der Waals surface area (Å²) in [5.41, 5.74) is 3.14. The lowest BCUT2D eigenvalue weighted by Gasteiger charge is -2.15. The van der Waals surface area contributed by atoms with Crippen molar-refractivity contribution in [2.75, 3.05) is 12.0 Å². The van der Waals surface area contributed by atoms with E-state index >= 15 is 0 Å². The van der Waals surface area contributed by atoms with Crippen LogP contribution in [-0.2, 0) is 0 Å². The molecule has 19 heavy (non-hydrogen) atoms. The number of hydrazone groups is 1. The maximum Gasteiger partial charge on any atom is 0.237 e. The topological polar surface area (TPSA) is 133 Å². The Bertz CT molecular complexity index is 511. The third-order valence-corrected chi connectivity index (χ3v) is 2.31. The molecule has 0 fully saturated rings. The molecule has 0 saturated carbocycles. The molecule has 0 aliphatic carbocycles. The Morgan fingerprint density at radius 3 is 2.26 bits per heavy atom. The summed E-state index contributed by atoms with van der Waals surface area (Å²) in [7, 11) is 0. The fourth-order valence-electron chi connectivity index (χ4n) is 1.27. The van der Waals surface area contributed by atoms with Crippen molar-refractivity contribution in [2.24, 2.45) is 5.10 Å². The van der Waals surface area contributed by atoms with Gasteiger partial charge in [0.2, 0.25) is 5.71 Å². The van der Waals surface area contributed by atoms with Crippen LogP contribution in [0.25, 0.3) is 0 Å². The van der Waals surface area contributed by atoms with Crippen LogP contribution in [0.3, 0.4) is 0 Å². The molecule has 0 aliphatic rings. The van der Waals surface area contributed by atoms with Crippen LogP contribution in [0.15, 0.2) is 29.4 Å². The molecule has 0 radical (unpaired) electrons. The summed E-state index contributed by atoms with van der Waals surface area (Å²) in [6.45, 7) is -0.542. The minimum Gasteiger partial charge on any atom is -0.394 e. The Labute approximate surface area is 109 Å². The van der Waals surface area contributed by atoms with Crippen molar-refractivity contribution in [3.63, 3.8) is 0 Å². The van der Waals surface area contributed by atoms with E-state index in [-0.39, 0.29) is 5.71 Å². The Balaban J connectivity index is 2.76. The molecule has 1 aromatic carbocycles. The molecular formula is C12H12N4O3. The maximum absolute atomic E-state index is 9.63. The van der Waals surface area contributed by atoms with Gasteiger partial charge in [-0.3, -0.25) is 5.43 Å². The molecule has 0 spiro atoms. The smallest absolute Gasteiger partial charge is 0.237 e. The fourth-order valence-corrected chi connectivity index (χ4v) is 1.27. The van der Waals surface area contributed by atoms with Gasteiger partial charge in [-0.2, -0.15) is 15.6 Å². The van der Waals surface area contributed by atoms with E-state index in [4.69, 9.17) is 15.6 Å². The zero-order chi connectivity index (χ0) is 14.3. The first kappa shape index (κ1) is 14.6. The van der Waals surface area contributed by atoms with Gasteiger partial charge in [-0.15, -0.1) is 0 Å². The van der Waals surface area contributed by atoms with Crippen LogP contribution in [0.4, 0.5) is 5.69 Å². The Hall–Kier alpha value is -2.45. The molecule has 2 atom stereocenters. The number of benzene rings is 1. The number of hydrogen-bond acceptors (Lipinski definition) is 7. The van der Waals surface area contributed by atoms with Gasteiger partial charge in [0.25, 0.3) is 0 Å². The molecule has 2 unspecified atom stereocenters. The summed E-state index contributed by atoms with van der Waals surface area (Å²) in [6.07, 6.45) is -2.43. The summed E-state index contributed by atoms with van der Waals surface area (Å²) < 4.78 is 0. The maximum atomic E-state index is 9.63. The van der Waals surface area contributed by atoms with Crippen molar-refractivity contribution in [2.45, 2.75) is 12.2 Å². The van der Waals surface area contributed by atoms with Gasteiger partial charge in [0.1, 0.15) is 24.3 Å². The minimum atomic E-state index is -1.25. The second-order valence-corrected chi connectivity index (χ2v) is 3.61. The number of rotatable bonds is 5. The molecule has 7 nitrogen and oxygen atoms in total. The van der Waals surface area contributed by atoms with Crippen LogP contribution in [0, 0.1) is 22.7 Å². The summed E-state index contributed by atoms with van der Waals surface area (Å²) in [5.74, 6) is 0. The number of hydrogen-bond donors (Lipinski definition) is 4. The molecule has 0 aromatic heterocycles. The standard InChI is InChI=1S/C12H12N4O3/c13-5-10(6-14)16-15-9-3-1-8(2-4-9)12(19)11(18)7-17/h1-4,11-12,15,17-19H,7H2. The van der Waals surface area contributed by atoms with E-state index < -0.39 is 18.8 Å². The largest absolute Gasteiger partial charge is 0.394 e. The van der Waals surface area contributed by atoms with Crippen molar-refractivity contribution in [1.82, 2.24) is 0 Å². The highest BCUT2D eigenvalue weighted by Crippen LogP contribution is 2.19. The second-order valence-electron chi connectivity index (χ2n) is 3.61. The van der Waals surface area contributed by atoms with E-state index in [0.29, 0.717) is 11.3 Å². The average molecular weight is 260 g/mol. The van der Waals surface area contributed by atoms with E-state index in [1.54, 1.807) is 24.3 Å². The first-order valence-electron chi connectivity index (χ1n) is 5.33. The first-order chi connectivity index (χ1) is 9.12. The monoisotopic (exact) mass is 260 g/mol. The zero-order valence-electron chi connectivity index (χ0n) is 9.85. The number of nitrogens with one attached hydrogen (secondary N) is 1. The van der Waals surface area contributed by atoms with Crippen LogP contribution in [0.1, 0.15) is 11.7 Å². The van der Waals surface area contributed by atoms with E-state index in [2.05, 4.69) is 10.5 Å². The summed E-state index contributed by atoms with van der Waals surface area (Å²) in [5, 5.41) is 48.1. The number of nitrogens with zero attached hydrogens (tertiary/aromatic N) is 3. The van der Waals surface area contributed by atoms with Crippen molar-refractivity contribution in [3.05, 3.63) is 29.8 Å². The lowest BCUT2D eigenvalue weighted by molar-refractivity contribution is -0.0152. The van der Waals surface area contributed by atoms with Crippen molar-refractivity contribution < 1.29 is 15.3 Å². The van der Waals surface area contributed by atoms with Crippen LogP contribution in [0.5, 0.6) is 0 Å². The number of nitriles is 2. The van der Waals surface area contributed by atoms with Crippen LogP contribution >= 0.6 is 0 Å². The highest BCUT2D eigenvalue weighted by atomic mass is 16.4. The SMILES string of the molecule is N#CC(C#N)=NNc1ccc(C(O)C(O)CO)cc1. The van der Waals surface area contributed by atoms with Gasteiger partial charge in [-0.25, -0.2) is 0 Å². The molecular weight excluding hydrogens is 248 g/mol. The van der Waals surface area contributed by atoms with E-state index in [1.807, 2.05) is 0 Å². The van der Waals surface area contributed by atoms with Crippen molar-refractivity contribution in [1.29, 1.82) is 10.5 Å². The lowest BCUT2D eigenvalue weighted by atomic mass is 10.0. The van der Waals surface area contributed by atoms with Crippen LogP contribution in [0.2, 0.25) is 0 Å². The lowest BCUT2D eigenvalue weighted by Crippen LogP contribution is -2.21. The molecule has 98 valence electrons. The van der Waals surface area contributed by atoms with Crippen LogP contribution < -0.4 is 5.43 Å². The van der Waals surface area contributed by atoms with Gasteiger partial charge in [-0.05, 0) is 17.7 Å². The van der Waals surface area contributed by atoms with Gasteiger partial charge >= 0.3 is 0 Å². The van der Waals surface area contributed by atoms with Gasteiger partial charge in [0, 0.05) is 0 Å². The third-order valence-electron chi connectivity index (χ3n) is 2.31.